The maximum Gasteiger partial charge on any atom is 0.153 e. The van der Waals surface area contributed by atoms with Crippen LogP contribution in [0.2, 0.25) is 0 Å². The molecule has 1 heterocycles. The van der Waals surface area contributed by atoms with Gasteiger partial charge in [0.05, 0.1) is 17.6 Å². The first-order chi connectivity index (χ1) is 6.34. The second kappa shape index (κ2) is 3.79. The number of nitrogens with two attached hydrogens (primary N) is 1. The third-order valence-electron chi connectivity index (χ3n) is 3.38. The van der Waals surface area contributed by atoms with Crippen molar-refractivity contribution >= 4 is 9.84 Å². The van der Waals surface area contributed by atoms with Crippen molar-refractivity contribution in [2.45, 2.75) is 38.3 Å². The van der Waals surface area contributed by atoms with Crippen LogP contribution in [-0.2, 0) is 9.84 Å². The van der Waals surface area contributed by atoms with E-state index in [0.29, 0.717) is 12.8 Å². The van der Waals surface area contributed by atoms with E-state index in [-0.39, 0.29) is 17.4 Å². The Morgan fingerprint density at radius 2 is 1.86 bits per heavy atom. The predicted molar refractivity (Wildman–Crippen MR) is 55.7 cm³/mol. The maximum absolute atomic E-state index is 11.3. The van der Waals surface area contributed by atoms with Gasteiger partial charge in [-0.2, -0.15) is 0 Å². The molecule has 0 amide bonds. The second-order valence-corrected chi connectivity index (χ2v) is 6.34. The summed E-state index contributed by atoms with van der Waals surface area (Å²) in [4.78, 5) is 0. The maximum atomic E-state index is 11.3. The summed E-state index contributed by atoms with van der Waals surface area (Å²) in [5.74, 6) is -0.398. The van der Waals surface area contributed by atoms with E-state index in [2.05, 4.69) is 0 Å². The molecule has 0 saturated carbocycles. The lowest BCUT2D eigenvalue weighted by Gasteiger charge is -2.34. The van der Waals surface area contributed by atoms with Gasteiger partial charge in [-0.05, 0) is 12.8 Å². The lowest BCUT2D eigenvalue weighted by molar-refractivity contribution is 0.0931. The van der Waals surface area contributed by atoms with Gasteiger partial charge < -0.3 is 10.8 Å². The molecule has 1 aliphatic rings. The number of sulfone groups is 1. The highest BCUT2D eigenvalue weighted by molar-refractivity contribution is 7.91. The van der Waals surface area contributed by atoms with Crippen LogP contribution in [0, 0.1) is 5.92 Å². The molecule has 2 unspecified atom stereocenters. The summed E-state index contributed by atoms with van der Waals surface area (Å²) in [6.45, 7) is 3.86. The minimum absolute atomic E-state index is 0.0341. The van der Waals surface area contributed by atoms with Gasteiger partial charge in [-0.15, -0.1) is 0 Å². The van der Waals surface area contributed by atoms with Gasteiger partial charge in [0.15, 0.2) is 9.84 Å². The minimum atomic E-state index is -3.08. The molecule has 3 N–H and O–H groups in total. The van der Waals surface area contributed by atoms with Crippen LogP contribution in [0.15, 0.2) is 0 Å². The summed E-state index contributed by atoms with van der Waals surface area (Å²) in [5.41, 5.74) is 5.55. The monoisotopic (exact) mass is 221 g/mol. The second-order valence-electron chi connectivity index (χ2n) is 4.19. The lowest BCUT2D eigenvalue weighted by Crippen LogP contribution is -2.50. The highest BCUT2D eigenvalue weighted by Gasteiger charge is 2.45. The first kappa shape index (κ1) is 11.9. The van der Waals surface area contributed by atoms with Crippen molar-refractivity contribution < 1.29 is 13.5 Å². The van der Waals surface area contributed by atoms with Crippen LogP contribution >= 0.6 is 0 Å². The Labute approximate surface area is 85.4 Å². The molecular weight excluding hydrogens is 202 g/mol. The van der Waals surface area contributed by atoms with Crippen LogP contribution in [0.4, 0.5) is 0 Å². The third kappa shape index (κ3) is 2.10. The molecule has 0 aromatic carbocycles. The van der Waals surface area contributed by atoms with Gasteiger partial charge in [0, 0.05) is 11.5 Å². The number of rotatable bonds is 3. The lowest BCUT2D eigenvalue weighted by atomic mass is 9.79. The van der Waals surface area contributed by atoms with Crippen LogP contribution in [0.3, 0.4) is 0 Å². The fourth-order valence-corrected chi connectivity index (χ4v) is 4.14. The summed E-state index contributed by atoms with van der Waals surface area (Å²) in [5, 5.41) is 9.66. The van der Waals surface area contributed by atoms with E-state index in [0.717, 1.165) is 0 Å². The molecule has 14 heavy (non-hydrogen) atoms. The minimum Gasteiger partial charge on any atom is -0.392 e. The number of aliphatic hydroxyl groups excluding tert-OH is 1. The van der Waals surface area contributed by atoms with Crippen LogP contribution in [-0.4, -0.2) is 36.7 Å². The molecular formula is C9H19NO3S. The van der Waals surface area contributed by atoms with Crippen molar-refractivity contribution in [3.63, 3.8) is 0 Å². The van der Waals surface area contributed by atoms with Gasteiger partial charge in [-0.25, -0.2) is 8.42 Å². The van der Waals surface area contributed by atoms with E-state index in [1.165, 1.54) is 0 Å². The Morgan fingerprint density at radius 1 is 1.36 bits per heavy atom. The molecule has 1 aliphatic heterocycles. The quantitative estimate of drug-likeness (QED) is 0.698. The van der Waals surface area contributed by atoms with Gasteiger partial charge in [0.25, 0.3) is 0 Å². The normalized spacial score (nSPS) is 32.0. The zero-order valence-electron chi connectivity index (χ0n) is 8.73. The molecule has 0 aromatic heterocycles. The average molecular weight is 221 g/mol. The third-order valence-corrected chi connectivity index (χ3v) is 5.09. The van der Waals surface area contributed by atoms with Gasteiger partial charge in [-0.3, -0.25) is 0 Å². The first-order valence-corrected chi connectivity index (χ1v) is 6.84. The molecule has 1 saturated heterocycles. The smallest absolute Gasteiger partial charge is 0.153 e. The van der Waals surface area contributed by atoms with Crippen LogP contribution in [0.25, 0.3) is 0 Å². The van der Waals surface area contributed by atoms with E-state index in [1.807, 2.05) is 13.8 Å². The van der Waals surface area contributed by atoms with Gasteiger partial charge in [0.2, 0.25) is 0 Å². The molecule has 0 aromatic rings. The van der Waals surface area contributed by atoms with Crippen LogP contribution in [0.5, 0.6) is 0 Å². The van der Waals surface area contributed by atoms with Gasteiger partial charge in [0.1, 0.15) is 0 Å². The van der Waals surface area contributed by atoms with Crippen molar-refractivity contribution in [1.29, 1.82) is 0 Å². The Balaban J connectivity index is 2.89. The Hall–Kier alpha value is -0.130. The van der Waals surface area contributed by atoms with Crippen molar-refractivity contribution in [3.8, 4) is 0 Å². The largest absolute Gasteiger partial charge is 0.392 e. The summed E-state index contributed by atoms with van der Waals surface area (Å²) < 4.78 is 22.6. The number of aliphatic hydroxyl groups is 1. The molecule has 84 valence electrons. The fraction of sp³-hybridized carbons (Fsp3) is 1.00. The standard InChI is InChI=1S/C9H19NO3S/c1-3-9(10,4-2)7-5-14(12,13)6-8(7)11/h7-8,11H,3-6,10H2,1-2H3. The predicted octanol–water partition coefficient (Wildman–Crippen LogP) is -0.0906. The van der Waals surface area contributed by atoms with E-state index < -0.39 is 21.5 Å². The fourth-order valence-electron chi connectivity index (χ4n) is 2.15. The highest BCUT2D eigenvalue weighted by Crippen LogP contribution is 2.32. The van der Waals surface area contributed by atoms with Crippen LogP contribution < -0.4 is 5.73 Å². The zero-order valence-corrected chi connectivity index (χ0v) is 9.55. The number of hydrogen-bond donors (Lipinski definition) is 2. The van der Waals surface area contributed by atoms with Gasteiger partial charge >= 0.3 is 0 Å². The molecule has 0 aliphatic carbocycles. The summed E-state index contributed by atoms with van der Waals surface area (Å²) in [6.07, 6.45) is 0.603. The molecule has 0 spiro atoms. The van der Waals surface area contributed by atoms with E-state index in [1.54, 1.807) is 0 Å². The topological polar surface area (TPSA) is 80.4 Å². The zero-order chi connectivity index (χ0) is 11.0. The van der Waals surface area contributed by atoms with E-state index in [4.69, 9.17) is 5.73 Å². The van der Waals surface area contributed by atoms with Crippen LogP contribution in [0.1, 0.15) is 26.7 Å². The Morgan fingerprint density at radius 3 is 2.14 bits per heavy atom. The number of hydrogen-bond acceptors (Lipinski definition) is 4. The Bertz CT molecular complexity index is 295. The SMILES string of the molecule is CCC(N)(CC)C1CS(=O)(=O)CC1O. The van der Waals surface area contributed by atoms with Gasteiger partial charge in [-0.1, -0.05) is 13.8 Å². The summed E-state index contributed by atoms with van der Waals surface area (Å²) in [6, 6.07) is 0. The van der Waals surface area contributed by atoms with Crippen molar-refractivity contribution in [1.82, 2.24) is 0 Å². The molecule has 1 rings (SSSR count). The van der Waals surface area contributed by atoms with Crippen molar-refractivity contribution in [3.05, 3.63) is 0 Å². The summed E-state index contributed by atoms with van der Waals surface area (Å²) >= 11 is 0. The average Bonchev–Trinajstić information content (AvgIpc) is 2.39. The molecule has 5 heteroatoms. The van der Waals surface area contributed by atoms with Crippen molar-refractivity contribution in [2.24, 2.45) is 11.7 Å². The molecule has 0 bridgehead atoms. The summed E-state index contributed by atoms with van der Waals surface area (Å²) in [7, 11) is -3.08. The molecule has 0 radical (unpaired) electrons. The van der Waals surface area contributed by atoms with E-state index >= 15 is 0 Å². The first-order valence-electron chi connectivity index (χ1n) is 5.02. The van der Waals surface area contributed by atoms with E-state index in [9.17, 15) is 13.5 Å². The van der Waals surface area contributed by atoms with Crippen molar-refractivity contribution in [2.75, 3.05) is 11.5 Å². The highest BCUT2D eigenvalue weighted by atomic mass is 32.2. The molecule has 4 nitrogen and oxygen atoms in total. The Kier molecular flexibility index (Phi) is 3.23. The molecule has 1 fully saturated rings. The molecule has 2 atom stereocenters.